The van der Waals surface area contributed by atoms with Crippen molar-refractivity contribution in [3.05, 3.63) is 78.0 Å². The van der Waals surface area contributed by atoms with E-state index >= 15 is 0 Å². The molecule has 28 heavy (non-hydrogen) atoms. The van der Waals surface area contributed by atoms with Crippen molar-refractivity contribution >= 4 is 0 Å². The summed E-state index contributed by atoms with van der Waals surface area (Å²) in [4.78, 5) is 4.24. The Kier molecular flexibility index (Phi) is 6.16. The third-order valence-corrected chi connectivity index (χ3v) is 3.95. The fraction of sp³-hybridized carbons (Fsp3) is 0.190. The highest BCUT2D eigenvalue weighted by atomic mass is 19.4. The highest BCUT2D eigenvalue weighted by Gasteiger charge is 2.29. The zero-order valence-electron chi connectivity index (χ0n) is 14.9. The second kappa shape index (κ2) is 8.75. The molecule has 0 aliphatic heterocycles. The predicted octanol–water partition coefficient (Wildman–Crippen LogP) is 4.73. The molecular formula is C21H19F3N2O2. The zero-order valence-corrected chi connectivity index (χ0v) is 14.9. The van der Waals surface area contributed by atoms with Gasteiger partial charge in [0.15, 0.2) is 6.61 Å². The van der Waals surface area contributed by atoms with E-state index in [1.807, 2.05) is 30.3 Å². The molecule has 1 heterocycles. The molecule has 0 atom stereocenters. The van der Waals surface area contributed by atoms with E-state index < -0.39 is 12.8 Å². The van der Waals surface area contributed by atoms with Gasteiger partial charge >= 0.3 is 6.18 Å². The lowest BCUT2D eigenvalue weighted by molar-refractivity contribution is -0.153. The summed E-state index contributed by atoms with van der Waals surface area (Å²) in [5.41, 5.74) is 8.54. The first kappa shape index (κ1) is 19.7. The first-order valence-corrected chi connectivity index (χ1v) is 8.60. The number of halogens is 3. The van der Waals surface area contributed by atoms with Crippen molar-refractivity contribution in [2.75, 3.05) is 6.61 Å². The van der Waals surface area contributed by atoms with E-state index in [1.165, 1.54) is 12.3 Å². The van der Waals surface area contributed by atoms with E-state index in [1.54, 1.807) is 24.3 Å². The van der Waals surface area contributed by atoms with Gasteiger partial charge in [-0.2, -0.15) is 13.2 Å². The molecule has 2 N–H and O–H groups in total. The summed E-state index contributed by atoms with van der Waals surface area (Å²) in [6, 6.07) is 17.9. The number of nitrogens with zero attached hydrogens (tertiary/aromatic N) is 1. The molecule has 2 aromatic carbocycles. The van der Waals surface area contributed by atoms with E-state index in [4.69, 9.17) is 15.2 Å². The Bertz CT molecular complexity index is 898. The number of alkyl halides is 3. The second-order valence-electron chi connectivity index (χ2n) is 6.10. The van der Waals surface area contributed by atoms with Gasteiger partial charge in [0.2, 0.25) is 5.88 Å². The molecule has 0 aliphatic carbocycles. The fourth-order valence-corrected chi connectivity index (χ4v) is 2.57. The Morgan fingerprint density at radius 1 is 0.893 bits per heavy atom. The van der Waals surface area contributed by atoms with Gasteiger partial charge in [0, 0.05) is 29.9 Å². The van der Waals surface area contributed by atoms with Crippen LogP contribution in [-0.2, 0) is 13.2 Å². The van der Waals surface area contributed by atoms with E-state index in [-0.39, 0.29) is 12.3 Å². The average Bonchev–Trinajstić information content (AvgIpc) is 2.71. The summed E-state index contributed by atoms with van der Waals surface area (Å²) in [6.45, 7) is -0.734. The summed E-state index contributed by atoms with van der Waals surface area (Å²) < 4.78 is 48.2. The van der Waals surface area contributed by atoms with Gasteiger partial charge in [-0.05, 0) is 29.3 Å². The first-order chi connectivity index (χ1) is 13.4. The summed E-state index contributed by atoms with van der Waals surface area (Å²) in [6.07, 6.45) is -2.88. The minimum absolute atomic E-state index is 0.120. The second-order valence-corrected chi connectivity index (χ2v) is 6.10. The van der Waals surface area contributed by atoms with Crippen LogP contribution in [0, 0.1) is 0 Å². The number of rotatable bonds is 7. The molecule has 0 saturated heterocycles. The van der Waals surface area contributed by atoms with Crippen molar-refractivity contribution in [3.63, 3.8) is 0 Å². The van der Waals surface area contributed by atoms with Gasteiger partial charge in [-0.15, -0.1) is 0 Å². The molecule has 7 heteroatoms. The Labute approximate surface area is 160 Å². The number of nitrogens with two attached hydrogens (primary N) is 1. The Balaban J connectivity index is 1.77. The van der Waals surface area contributed by atoms with Crippen molar-refractivity contribution in [2.45, 2.75) is 19.3 Å². The molecule has 0 bridgehead atoms. The van der Waals surface area contributed by atoms with Crippen LogP contribution in [0.1, 0.15) is 11.1 Å². The standard InChI is InChI=1S/C21H19F3N2O2/c22-21(23,24)14-28-19-8-6-16(11-25)10-18(19)17-7-9-20(26-12-17)27-13-15-4-2-1-3-5-15/h1-10,12H,11,13-14,25H2. The van der Waals surface area contributed by atoms with E-state index in [9.17, 15) is 13.2 Å². The fourth-order valence-electron chi connectivity index (χ4n) is 2.57. The number of hydrogen-bond donors (Lipinski definition) is 1. The van der Waals surface area contributed by atoms with Gasteiger partial charge in [0.1, 0.15) is 12.4 Å². The quantitative estimate of drug-likeness (QED) is 0.636. The van der Waals surface area contributed by atoms with Crippen LogP contribution >= 0.6 is 0 Å². The lowest BCUT2D eigenvalue weighted by Crippen LogP contribution is -2.19. The molecule has 0 saturated carbocycles. The van der Waals surface area contributed by atoms with Gasteiger partial charge in [-0.1, -0.05) is 36.4 Å². The molecule has 0 amide bonds. The topological polar surface area (TPSA) is 57.4 Å². The van der Waals surface area contributed by atoms with Crippen LogP contribution in [0.5, 0.6) is 11.6 Å². The van der Waals surface area contributed by atoms with Crippen LogP contribution in [0.25, 0.3) is 11.1 Å². The van der Waals surface area contributed by atoms with Crippen molar-refractivity contribution < 1.29 is 22.6 Å². The van der Waals surface area contributed by atoms with Crippen LogP contribution in [0.4, 0.5) is 13.2 Å². The van der Waals surface area contributed by atoms with Crippen molar-refractivity contribution in [2.24, 2.45) is 5.73 Å². The third kappa shape index (κ3) is 5.47. The molecule has 1 aromatic heterocycles. The zero-order chi connectivity index (χ0) is 20.0. The van der Waals surface area contributed by atoms with Crippen LogP contribution in [0.3, 0.4) is 0 Å². The maximum absolute atomic E-state index is 12.5. The number of pyridine rings is 1. The minimum atomic E-state index is -4.42. The molecule has 0 unspecified atom stereocenters. The number of hydrogen-bond acceptors (Lipinski definition) is 4. The number of ether oxygens (including phenoxy) is 2. The molecule has 0 radical (unpaired) electrons. The number of benzene rings is 2. The molecule has 0 fully saturated rings. The Morgan fingerprint density at radius 3 is 2.32 bits per heavy atom. The maximum Gasteiger partial charge on any atom is 0.422 e. The Morgan fingerprint density at radius 2 is 1.68 bits per heavy atom. The van der Waals surface area contributed by atoms with Gasteiger partial charge in [0.25, 0.3) is 0 Å². The monoisotopic (exact) mass is 388 g/mol. The molecule has 3 rings (SSSR count). The molecule has 0 spiro atoms. The van der Waals surface area contributed by atoms with Gasteiger partial charge in [-0.25, -0.2) is 4.98 Å². The van der Waals surface area contributed by atoms with Crippen molar-refractivity contribution in [3.8, 4) is 22.8 Å². The van der Waals surface area contributed by atoms with Crippen LogP contribution < -0.4 is 15.2 Å². The SMILES string of the molecule is NCc1ccc(OCC(F)(F)F)c(-c2ccc(OCc3ccccc3)nc2)c1. The molecule has 0 aliphatic rings. The summed E-state index contributed by atoms with van der Waals surface area (Å²) in [5, 5.41) is 0. The van der Waals surface area contributed by atoms with Crippen LogP contribution in [-0.4, -0.2) is 17.8 Å². The summed E-state index contributed by atoms with van der Waals surface area (Å²) in [5.74, 6) is 0.537. The highest BCUT2D eigenvalue weighted by Crippen LogP contribution is 2.32. The van der Waals surface area contributed by atoms with Crippen molar-refractivity contribution in [1.82, 2.24) is 4.98 Å². The maximum atomic E-state index is 12.5. The van der Waals surface area contributed by atoms with Gasteiger partial charge < -0.3 is 15.2 Å². The third-order valence-electron chi connectivity index (χ3n) is 3.95. The average molecular weight is 388 g/mol. The number of aromatic nitrogens is 1. The van der Waals surface area contributed by atoms with Gasteiger partial charge in [-0.3, -0.25) is 0 Å². The van der Waals surface area contributed by atoms with E-state index in [0.717, 1.165) is 11.1 Å². The van der Waals surface area contributed by atoms with E-state index in [0.29, 0.717) is 23.6 Å². The van der Waals surface area contributed by atoms with E-state index in [2.05, 4.69) is 4.98 Å². The minimum Gasteiger partial charge on any atom is -0.483 e. The summed E-state index contributed by atoms with van der Waals surface area (Å²) >= 11 is 0. The lowest BCUT2D eigenvalue weighted by atomic mass is 10.0. The van der Waals surface area contributed by atoms with Crippen LogP contribution in [0.2, 0.25) is 0 Å². The predicted molar refractivity (Wildman–Crippen MR) is 99.9 cm³/mol. The first-order valence-electron chi connectivity index (χ1n) is 8.60. The van der Waals surface area contributed by atoms with Crippen LogP contribution in [0.15, 0.2) is 66.9 Å². The lowest BCUT2D eigenvalue weighted by Gasteiger charge is -2.14. The molecule has 146 valence electrons. The Hall–Kier alpha value is -3.06. The smallest absolute Gasteiger partial charge is 0.422 e. The molecular weight excluding hydrogens is 369 g/mol. The van der Waals surface area contributed by atoms with Crippen molar-refractivity contribution in [1.29, 1.82) is 0 Å². The highest BCUT2D eigenvalue weighted by molar-refractivity contribution is 5.70. The molecule has 4 nitrogen and oxygen atoms in total. The van der Waals surface area contributed by atoms with Gasteiger partial charge in [0.05, 0.1) is 0 Å². The summed E-state index contributed by atoms with van der Waals surface area (Å²) in [7, 11) is 0. The largest absolute Gasteiger partial charge is 0.483 e. The molecule has 3 aromatic rings. The normalized spacial score (nSPS) is 11.3.